The summed E-state index contributed by atoms with van der Waals surface area (Å²) < 4.78 is 1.73. The van der Waals surface area contributed by atoms with E-state index in [4.69, 9.17) is 0 Å². The molecule has 0 saturated heterocycles. The standard InChI is InChI=1S/C11H19N3OS/c1-2-7-16-8-5-12-9-11(15)10-14-6-3-4-13-14/h2-4,6,11-12,15H,1,5,7-10H2. The topological polar surface area (TPSA) is 50.1 Å². The van der Waals surface area contributed by atoms with Crippen molar-refractivity contribution in [2.24, 2.45) is 0 Å². The Morgan fingerprint density at radius 2 is 2.50 bits per heavy atom. The Balaban J connectivity index is 1.98. The van der Waals surface area contributed by atoms with Crippen LogP contribution in [0.1, 0.15) is 0 Å². The van der Waals surface area contributed by atoms with Gasteiger partial charge in [0.25, 0.3) is 0 Å². The van der Waals surface area contributed by atoms with Crippen LogP contribution in [-0.2, 0) is 6.54 Å². The second-order valence-corrected chi connectivity index (χ2v) is 4.60. The van der Waals surface area contributed by atoms with Crippen LogP contribution in [0.25, 0.3) is 0 Å². The summed E-state index contributed by atoms with van der Waals surface area (Å²) in [7, 11) is 0. The third kappa shape index (κ3) is 5.95. The van der Waals surface area contributed by atoms with Gasteiger partial charge in [-0.1, -0.05) is 6.08 Å². The Morgan fingerprint density at radius 3 is 3.19 bits per heavy atom. The zero-order chi connectivity index (χ0) is 11.6. The van der Waals surface area contributed by atoms with Crippen LogP contribution < -0.4 is 5.32 Å². The minimum Gasteiger partial charge on any atom is -0.390 e. The quantitative estimate of drug-likeness (QED) is 0.495. The van der Waals surface area contributed by atoms with Crippen molar-refractivity contribution in [3.63, 3.8) is 0 Å². The molecule has 0 aliphatic rings. The van der Waals surface area contributed by atoms with Crippen molar-refractivity contribution in [3.8, 4) is 0 Å². The van der Waals surface area contributed by atoms with Gasteiger partial charge in [-0.05, 0) is 6.07 Å². The maximum Gasteiger partial charge on any atom is 0.0860 e. The van der Waals surface area contributed by atoms with E-state index >= 15 is 0 Å². The third-order valence-corrected chi connectivity index (χ3v) is 2.96. The maximum atomic E-state index is 9.68. The van der Waals surface area contributed by atoms with Crippen LogP contribution in [0.15, 0.2) is 31.1 Å². The summed E-state index contributed by atoms with van der Waals surface area (Å²) in [4.78, 5) is 0. The lowest BCUT2D eigenvalue weighted by molar-refractivity contribution is 0.147. The first-order valence-corrected chi connectivity index (χ1v) is 6.53. The van der Waals surface area contributed by atoms with Crippen LogP contribution in [0.4, 0.5) is 0 Å². The molecule has 0 radical (unpaired) electrons. The van der Waals surface area contributed by atoms with Crippen LogP contribution in [0.2, 0.25) is 0 Å². The Labute approximate surface area is 101 Å². The minimum absolute atomic E-state index is 0.385. The summed E-state index contributed by atoms with van der Waals surface area (Å²) in [5, 5.41) is 16.9. The van der Waals surface area contributed by atoms with Gasteiger partial charge in [0.1, 0.15) is 0 Å². The number of hydrogen-bond donors (Lipinski definition) is 2. The molecule has 16 heavy (non-hydrogen) atoms. The van der Waals surface area contributed by atoms with E-state index in [2.05, 4.69) is 17.0 Å². The van der Waals surface area contributed by atoms with E-state index in [1.807, 2.05) is 30.1 Å². The second-order valence-electron chi connectivity index (χ2n) is 3.45. The summed E-state index contributed by atoms with van der Waals surface area (Å²) in [6.07, 6.45) is 5.08. The molecule has 90 valence electrons. The van der Waals surface area contributed by atoms with Gasteiger partial charge in [0.15, 0.2) is 0 Å². The molecule has 2 N–H and O–H groups in total. The molecular weight excluding hydrogens is 222 g/mol. The molecule has 0 saturated carbocycles. The number of aliphatic hydroxyl groups is 1. The van der Waals surface area contributed by atoms with E-state index in [9.17, 15) is 5.11 Å². The van der Waals surface area contributed by atoms with Gasteiger partial charge in [-0.25, -0.2) is 0 Å². The molecule has 0 fully saturated rings. The van der Waals surface area contributed by atoms with Crippen molar-refractivity contribution in [3.05, 3.63) is 31.1 Å². The predicted octanol–water partition coefficient (Wildman–Crippen LogP) is 0.753. The molecule has 1 unspecified atom stereocenters. The van der Waals surface area contributed by atoms with Gasteiger partial charge in [-0.3, -0.25) is 4.68 Å². The van der Waals surface area contributed by atoms with Crippen molar-refractivity contribution in [1.82, 2.24) is 15.1 Å². The summed E-state index contributed by atoms with van der Waals surface area (Å²) in [5.41, 5.74) is 0. The third-order valence-electron chi connectivity index (χ3n) is 2.00. The summed E-state index contributed by atoms with van der Waals surface area (Å²) in [6, 6.07) is 1.85. The zero-order valence-corrected chi connectivity index (χ0v) is 10.2. The average Bonchev–Trinajstić information content (AvgIpc) is 2.76. The first-order chi connectivity index (χ1) is 7.83. The highest BCUT2D eigenvalue weighted by molar-refractivity contribution is 7.99. The van der Waals surface area contributed by atoms with Gasteiger partial charge in [0.2, 0.25) is 0 Å². The van der Waals surface area contributed by atoms with Gasteiger partial charge in [0, 0.05) is 37.0 Å². The number of hydrogen-bond acceptors (Lipinski definition) is 4. The van der Waals surface area contributed by atoms with Crippen molar-refractivity contribution in [1.29, 1.82) is 0 Å². The van der Waals surface area contributed by atoms with Crippen LogP contribution in [0, 0.1) is 0 Å². The van der Waals surface area contributed by atoms with Gasteiger partial charge < -0.3 is 10.4 Å². The molecular formula is C11H19N3OS. The summed E-state index contributed by atoms with van der Waals surface area (Å²) in [5.74, 6) is 2.03. The van der Waals surface area contributed by atoms with E-state index in [-0.39, 0.29) is 6.10 Å². The molecule has 0 aromatic carbocycles. The van der Waals surface area contributed by atoms with E-state index in [0.29, 0.717) is 13.1 Å². The zero-order valence-electron chi connectivity index (χ0n) is 9.38. The van der Waals surface area contributed by atoms with Crippen molar-refractivity contribution >= 4 is 11.8 Å². The normalized spacial score (nSPS) is 12.6. The highest BCUT2D eigenvalue weighted by Gasteiger charge is 2.03. The first-order valence-electron chi connectivity index (χ1n) is 5.37. The molecule has 0 bridgehead atoms. The predicted molar refractivity (Wildman–Crippen MR) is 68.6 cm³/mol. The molecule has 4 nitrogen and oxygen atoms in total. The van der Waals surface area contributed by atoms with Crippen LogP contribution >= 0.6 is 11.8 Å². The SMILES string of the molecule is C=CCSCCNCC(O)Cn1cccn1. The van der Waals surface area contributed by atoms with Gasteiger partial charge in [-0.15, -0.1) is 6.58 Å². The van der Waals surface area contributed by atoms with Gasteiger partial charge >= 0.3 is 0 Å². The van der Waals surface area contributed by atoms with Gasteiger partial charge in [-0.2, -0.15) is 16.9 Å². The fraction of sp³-hybridized carbons (Fsp3) is 0.545. The Hall–Kier alpha value is -0.780. The lowest BCUT2D eigenvalue weighted by Gasteiger charge is -2.11. The first kappa shape index (κ1) is 13.3. The summed E-state index contributed by atoms with van der Waals surface area (Å²) >= 11 is 1.83. The fourth-order valence-electron chi connectivity index (χ4n) is 1.27. The molecule has 1 heterocycles. The highest BCUT2D eigenvalue weighted by Crippen LogP contribution is 1.97. The Morgan fingerprint density at radius 1 is 1.62 bits per heavy atom. The monoisotopic (exact) mass is 241 g/mol. The number of aliphatic hydroxyl groups excluding tert-OH is 1. The molecule has 1 rings (SSSR count). The van der Waals surface area contributed by atoms with E-state index in [1.165, 1.54) is 0 Å². The van der Waals surface area contributed by atoms with Crippen LogP contribution in [0.5, 0.6) is 0 Å². The number of thioether (sulfide) groups is 1. The number of rotatable bonds is 9. The number of aromatic nitrogens is 2. The van der Waals surface area contributed by atoms with Crippen molar-refractivity contribution in [2.75, 3.05) is 24.6 Å². The van der Waals surface area contributed by atoms with E-state index in [0.717, 1.165) is 18.1 Å². The maximum absolute atomic E-state index is 9.68. The second kappa shape index (κ2) is 8.38. The molecule has 1 aromatic rings. The minimum atomic E-state index is -0.385. The van der Waals surface area contributed by atoms with Gasteiger partial charge in [0.05, 0.1) is 12.6 Å². The fourth-order valence-corrected chi connectivity index (χ4v) is 1.89. The molecule has 1 atom stereocenters. The highest BCUT2D eigenvalue weighted by atomic mass is 32.2. The summed E-state index contributed by atoms with van der Waals surface area (Å²) in [6.45, 7) is 5.72. The smallest absolute Gasteiger partial charge is 0.0860 e. The molecule has 0 aliphatic heterocycles. The Bertz CT molecular complexity index is 277. The van der Waals surface area contributed by atoms with Crippen molar-refractivity contribution in [2.45, 2.75) is 12.6 Å². The largest absolute Gasteiger partial charge is 0.390 e. The van der Waals surface area contributed by atoms with Crippen LogP contribution in [0.3, 0.4) is 0 Å². The lowest BCUT2D eigenvalue weighted by atomic mass is 10.3. The molecule has 0 spiro atoms. The number of nitrogens with zero attached hydrogens (tertiary/aromatic N) is 2. The molecule has 5 heteroatoms. The van der Waals surface area contributed by atoms with Crippen LogP contribution in [-0.4, -0.2) is 45.6 Å². The van der Waals surface area contributed by atoms with Crippen molar-refractivity contribution < 1.29 is 5.11 Å². The lowest BCUT2D eigenvalue weighted by Crippen LogP contribution is -2.31. The van der Waals surface area contributed by atoms with E-state index < -0.39 is 0 Å². The molecule has 0 aliphatic carbocycles. The average molecular weight is 241 g/mol. The number of nitrogens with one attached hydrogen (secondary N) is 1. The van der Waals surface area contributed by atoms with E-state index in [1.54, 1.807) is 10.9 Å². The Kier molecular flexibility index (Phi) is 6.96. The molecule has 0 amide bonds. The molecule has 1 aromatic heterocycles.